The average molecular weight is 401 g/mol. The molecule has 28 heavy (non-hydrogen) atoms. The lowest BCUT2D eigenvalue weighted by Crippen LogP contribution is -2.34. The zero-order valence-electron chi connectivity index (χ0n) is 16.1. The number of hydrogen-bond donors (Lipinski definition) is 0. The number of aryl methyl sites for hydroxylation is 1. The van der Waals surface area contributed by atoms with E-state index < -0.39 is 9.84 Å². The van der Waals surface area contributed by atoms with Gasteiger partial charge in [0.05, 0.1) is 19.1 Å². The Labute approximate surface area is 165 Å². The van der Waals surface area contributed by atoms with E-state index in [1.807, 2.05) is 12.1 Å². The summed E-state index contributed by atoms with van der Waals surface area (Å²) in [4.78, 5) is 14.7. The molecule has 1 heterocycles. The smallest absolute Gasteiger partial charge is 0.250 e. The molecule has 0 radical (unpaired) electrons. The third-order valence-corrected chi connectivity index (χ3v) is 5.77. The summed E-state index contributed by atoms with van der Waals surface area (Å²) in [6.45, 7) is 0.593. The first-order chi connectivity index (χ1) is 13.3. The van der Waals surface area contributed by atoms with E-state index in [4.69, 9.17) is 9.47 Å². The van der Waals surface area contributed by atoms with Crippen molar-refractivity contribution in [3.8, 4) is 11.5 Å². The van der Waals surface area contributed by atoms with E-state index in [9.17, 15) is 13.2 Å². The molecule has 6 nitrogen and oxygen atoms in total. The molecule has 0 saturated heterocycles. The number of anilines is 1. The first-order valence-electron chi connectivity index (χ1n) is 8.87. The van der Waals surface area contributed by atoms with Gasteiger partial charge in [-0.05, 0) is 60.4 Å². The molecule has 7 heteroatoms. The molecule has 0 N–H and O–H groups in total. The highest BCUT2D eigenvalue weighted by atomic mass is 32.2. The monoisotopic (exact) mass is 401 g/mol. The average Bonchev–Trinajstić information content (AvgIpc) is 2.70. The molecule has 2 aromatic rings. The van der Waals surface area contributed by atoms with E-state index in [1.165, 1.54) is 12.3 Å². The number of rotatable bonds is 5. The normalized spacial score (nSPS) is 14.0. The minimum Gasteiger partial charge on any atom is -0.497 e. The van der Waals surface area contributed by atoms with Crippen LogP contribution in [0.3, 0.4) is 0 Å². The Hall–Kier alpha value is -2.80. The molecule has 2 aromatic carbocycles. The summed E-state index contributed by atoms with van der Waals surface area (Å²) in [6, 6.07) is 10.3. The highest BCUT2D eigenvalue weighted by Crippen LogP contribution is 2.30. The van der Waals surface area contributed by atoms with Crippen LogP contribution in [0.5, 0.6) is 11.5 Å². The summed E-state index contributed by atoms with van der Waals surface area (Å²) >= 11 is 0. The van der Waals surface area contributed by atoms with Crippen molar-refractivity contribution in [1.29, 1.82) is 0 Å². The number of carbonyl (C=O) groups excluding carboxylic acids is 1. The zero-order chi connectivity index (χ0) is 20.3. The molecule has 0 spiro atoms. The Morgan fingerprint density at radius 2 is 1.75 bits per heavy atom. The van der Waals surface area contributed by atoms with Crippen molar-refractivity contribution < 1.29 is 22.7 Å². The molecule has 0 aromatic heterocycles. The fraction of sp³-hybridized carbons (Fsp3) is 0.286. The highest BCUT2D eigenvalue weighted by molar-refractivity contribution is 7.90. The SMILES string of the molecule is COc1cc(/C=C/C(=O)N2CCCc3cc(S(C)(=O)=O)ccc32)cc(OC)c1. The summed E-state index contributed by atoms with van der Waals surface area (Å²) in [6.07, 6.45) is 5.94. The van der Waals surface area contributed by atoms with Crippen molar-refractivity contribution in [3.05, 3.63) is 53.6 Å². The van der Waals surface area contributed by atoms with Gasteiger partial charge in [0.2, 0.25) is 0 Å². The van der Waals surface area contributed by atoms with Crippen LogP contribution in [0.2, 0.25) is 0 Å². The van der Waals surface area contributed by atoms with Crippen LogP contribution in [-0.4, -0.2) is 41.3 Å². The summed E-state index contributed by atoms with van der Waals surface area (Å²) in [5.74, 6) is 1.13. The first kappa shape index (κ1) is 19.9. The van der Waals surface area contributed by atoms with Crippen LogP contribution < -0.4 is 14.4 Å². The summed E-state index contributed by atoms with van der Waals surface area (Å²) in [7, 11) is -0.130. The Balaban J connectivity index is 1.86. The fourth-order valence-electron chi connectivity index (χ4n) is 3.22. The lowest BCUT2D eigenvalue weighted by atomic mass is 10.0. The van der Waals surface area contributed by atoms with Gasteiger partial charge < -0.3 is 14.4 Å². The Bertz CT molecular complexity index is 1000. The van der Waals surface area contributed by atoms with Crippen LogP contribution in [0.25, 0.3) is 6.08 Å². The Kier molecular flexibility index (Phi) is 5.74. The zero-order valence-corrected chi connectivity index (χ0v) is 17.0. The van der Waals surface area contributed by atoms with Crippen LogP contribution in [0.1, 0.15) is 17.5 Å². The van der Waals surface area contributed by atoms with Crippen molar-refractivity contribution in [3.63, 3.8) is 0 Å². The Morgan fingerprint density at radius 1 is 1.07 bits per heavy atom. The van der Waals surface area contributed by atoms with Crippen molar-refractivity contribution in [1.82, 2.24) is 0 Å². The van der Waals surface area contributed by atoms with Gasteiger partial charge in [-0.15, -0.1) is 0 Å². The summed E-state index contributed by atoms with van der Waals surface area (Å²) in [5, 5.41) is 0. The van der Waals surface area contributed by atoms with Crippen molar-refractivity contribution >= 4 is 27.5 Å². The second kappa shape index (κ2) is 8.06. The van der Waals surface area contributed by atoms with Gasteiger partial charge in [-0.25, -0.2) is 8.42 Å². The van der Waals surface area contributed by atoms with Crippen molar-refractivity contribution in [2.45, 2.75) is 17.7 Å². The van der Waals surface area contributed by atoms with E-state index in [1.54, 1.807) is 49.5 Å². The first-order valence-corrected chi connectivity index (χ1v) is 10.8. The van der Waals surface area contributed by atoms with E-state index in [-0.39, 0.29) is 10.8 Å². The molecule has 0 saturated carbocycles. The maximum atomic E-state index is 12.8. The van der Waals surface area contributed by atoms with E-state index >= 15 is 0 Å². The van der Waals surface area contributed by atoms with Crippen molar-refractivity contribution in [2.24, 2.45) is 0 Å². The second-order valence-corrected chi connectivity index (χ2v) is 8.65. The minimum atomic E-state index is -3.27. The van der Waals surface area contributed by atoms with Crippen LogP contribution in [0, 0.1) is 0 Å². The maximum absolute atomic E-state index is 12.8. The van der Waals surface area contributed by atoms with E-state index in [0.717, 1.165) is 29.7 Å². The van der Waals surface area contributed by atoms with E-state index in [0.29, 0.717) is 18.0 Å². The number of carbonyl (C=O) groups is 1. The number of methoxy groups -OCH3 is 2. The lowest BCUT2D eigenvalue weighted by molar-refractivity contribution is -0.114. The van der Waals surface area contributed by atoms with Crippen LogP contribution in [0.4, 0.5) is 5.69 Å². The lowest BCUT2D eigenvalue weighted by Gasteiger charge is -2.29. The summed E-state index contributed by atoms with van der Waals surface area (Å²) in [5.41, 5.74) is 2.42. The number of nitrogens with zero attached hydrogens (tertiary/aromatic N) is 1. The maximum Gasteiger partial charge on any atom is 0.250 e. The second-order valence-electron chi connectivity index (χ2n) is 6.64. The quantitative estimate of drug-likeness (QED) is 0.720. The topological polar surface area (TPSA) is 72.9 Å². The molecule has 0 fully saturated rings. The van der Waals surface area contributed by atoms with Gasteiger partial charge >= 0.3 is 0 Å². The molecule has 0 aliphatic carbocycles. The van der Waals surface area contributed by atoms with Gasteiger partial charge in [0.25, 0.3) is 5.91 Å². The molecular weight excluding hydrogens is 378 g/mol. The molecule has 1 aliphatic rings. The fourth-order valence-corrected chi connectivity index (χ4v) is 3.89. The predicted molar refractivity (Wildman–Crippen MR) is 109 cm³/mol. The number of fused-ring (bicyclic) bond motifs is 1. The molecule has 0 unspecified atom stereocenters. The van der Waals surface area contributed by atoms with Gasteiger partial charge in [0.1, 0.15) is 11.5 Å². The van der Waals surface area contributed by atoms with E-state index in [2.05, 4.69) is 0 Å². The third kappa shape index (κ3) is 4.36. The number of amides is 1. The van der Waals surface area contributed by atoms with Crippen LogP contribution >= 0.6 is 0 Å². The van der Waals surface area contributed by atoms with Gasteiger partial charge in [0, 0.05) is 30.6 Å². The molecule has 0 bridgehead atoms. The van der Waals surface area contributed by atoms with Gasteiger partial charge in [0.15, 0.2) is 9.84 Å². The molecule has 148 valence electrons. The number of benzene rings is 2. The molecular formula is C21H23NO5S. The number of ether oxygens (including phenoxy) is 2. The van der Waals surface area contributed by atoms with Gasteiger partial charge in [-0.1, -0.05) is 0 Å². The van der Waals surface area contributed by atoms with Gasteiger partial charge in [-0.3, -0.25) is 4.79 Å². The summed E-state index contributed by atoms with van der Waals surface area (Å²) < 4.78 is 34.1. The predicted octanol–water partition coefficient (Wildman–Crippen LogP) is 3.10. The standard InChI is InChI=1S/C21H23NO5S/c1-26-17-11-15(12-18(14-17)27-2)6-9-21(23)22-10-4-5-16-13-19(28(3,24)25)7-8-20(16)22/h6-9,11-14H,4-5,10H2,1-3H3/b9-6+. The largest absolute Gasteiger partial charge is 0.497 e. The number of sulfone groups is 1. The van der Waals surface area contributed by atoms with Gasteiger partial charge in [-0.2, -0.15) is 0 Å². The molecule has 1 amide bonds. The Morgan fingerprint density at radius 3 is 2.36 bits per heavy atom. The van der Waals surface area contributed by atoms with Crippen LogP contribution in [0.15, 0.2) is 47.4 Å². The van der Waals surface area contributed by atoms with Crippen LogP contribution in [-0.2, 0) is 21.1 Å². The number of hydrogen-bond acceptors (Lipinski definition) is 5. The molecule has 0 atom stereocenters. The van der Waals surface area contributed by atoms with Crippen molar-refractivity contribution in [2.75, 3.05) is 31.9 Å². The highest BCUT2D eigenvalue weighted by Gasteiger charge is 2.22. The molecule has 1 aliphatic heterocycles. The molecule has 3 rings (SSSR count). The third-order valence-electron chi connectivity index (χ3n) is 4.66. The minimum absolute atomic E-state index is 0.158.